The van der Waals surface area contributed by atoms with Gasteiger partial charge in [0.1, 0.15) is 5.75 Å². The molecule has 0 fully saturated rings. The van der Waals surface area contributed by atoms with Crippen molar-refractivity contribution in [2.75, 3.05) is 6.61 Å². The first kappa shape index (κ1) is 9.58. The Hall–Kier alpha value is -1.51. The summed E-state index contributed by atoms with van der Waals surface area (Å²) in [5.74, 6) is 0.222. The second-order valence-electron chi connectivity index (χ2n) is 3.00. The van der Waals surface area contributed by atoms with Gasteiger partial charge in [-0.15, -0.1) is 0 Å². The van der Waals surface area contributed by atoms with E-state index in [0.717, 1.165) is 5.56 Å². The molecule has 1 aromatic rings. The van der Waals surface area contributed by atoms with Crippen molar-refractivity contribution in [3.8, 4) is 5.75 Å². The van der Waals surface area contributed by atoms with Gasteiger partial charge in [0.15, 0.2) is 6.61 Å². The van der Waals surface area contributed by atoms with Crippen LogP contribution in [0.25, 0.3) is 0 Å². The number of carbonyl (C=O) groups excluding carboxylic acids is 1. The summed E-state index contributed by atoms with van der Waals surface area (Å²) in [5.41, 5.74) is 7.29. The van der Waals surface area contributed by atoms with Crippen LogP contribution in [0.4, 0.5) is 0 Å². The Morgan fingerprint density at radius 2 is 2.08 bits per heavy atom. The van der Waals surface area contributed by atoms with E-state index in [1.165, 1.54) is 5.56 Å². The molecule has 1 aromatic carbocycles. The van der Waals surface area contributed by atoms with Crippen molar-refractivity contribution < 1.29 is 9.53 Å². The second-order valence-corrected chi connectivity index (χ2v) is 3.00. The standard InChI is InChI=1S/C10H13NO2/c1-7-3-4-9(5-8(7)2)13-6-10(11)12/h3-5H,6H2,1-2H3,(H2,11,12). The van der Waals surface area contributed by atoms with Crippen LogP contribution in [0.2, 0.25) is 0 Å². The molecule has 0 radical (unpaired) electrons. The quantitative estimate of drug-likeness (QED) is 0.757. The normalized spacial score (nSPS) is 9.69. The summed E-state index contributed by atoms with van der Waals surface area (Å²) in [5, 5.41) is 0. The summed E-state index contributed by atoms with van der Waals surface area (Å²) in [6.07, 6.45) is 0. The maximum Gasteiger partial charge on any atom is 0.255 e. The third-order valence-electron chi connectivity index (χ3n) is 1.86. The molecule has 0 spiro atoms. The molecule has 0 heterocycles. The predicted octanol–water partition coefficient (Wildman–Crippen LogP) is 1.17. The van der Waals surface area contributed by atoms with Gasteiger partial charge in [0.05, 0.1) is 0 Å². The number of aryl methyl sites for hydroxylation is 2. The number of benzene rings is 1. The molecule has 3 heteroatoms. The van der Waals surface area contributed by atoms with Crippen molar-refractivity contribution in [2.24, 2.45) is 5.73 Å². The van der Waals surface area contributed by atoms with Gasteiger partial charge in [0, 0.05) is 0 Å². The zero-order chi connectivity index (χ0) is 9.84. The van der Waals surface area contributed by atoms with Gasteiger partial charge in [-0.25, -0.2) is 0 Å². The van der Waals surface area contributed by atoms with Gasteiger partial charge in [0.2, 0.25) is 0 Å². The van der Waals surface area contributed by atoms with Crippen LogP contribution >= 0.6 is 0 Å². The summed E-state index contributed by atoms with van der Waals surface area (Å²) in [6, 6.07) is 5.66. The number of rotatable bonds is 3. The molecule has 0 aliphatic heterocycles. The molecule has 0 unspecified atom stereocenters. The van der Waals surface area contributed by atoms with Crippen LogP contribution in [0.15, 0.2) is 18.2 Å². The van der Waals surface area contributed by atoms with Crippen LogP contribution in [-0.2, 0) is 4.79 Å². The number of ether oxygens (including phenoxy) is 1. The Kier molecular flexibility index (Phi) is 2.90. The van der Waals surface area contributed by atoms with Crippen molar-refractivity contribution in [3.63, 3.8) is 0 Å². The van der Waals surface area contributed by atoms with E-state index in [2.05, 4.69) is 0 Å². The minimum absolute atomic E-state index is 0.0670. The molecule has 70 valence electrons. The highest BCUT2D eigenvalue weighted by atomic mass is 16.5. The number of hydrogen-bond acceptors (Lipinski definition) is 2. The first-order valence-electron chi connectivity index (χ1n) is 4.08. The molecule has 0 aliphatic rings. The highest BCUT2D eigenvalue weighted by molar-refractivity contribution is 5.75. The van der Waals surface area contributed by atoms with Gasteiger partial charge < -0.3 is 10.5 Å². The van der Waals surface area contributed by atoms with Crippen molar-refractivity contribution in [3.05, 3.63) is 29.3 Å². The van der Waals surface area contributed by atoms with Gasteiger partial charge in [-0.2, -0.15) is 0 Å². The van der Waals surface area contributed by atoms with Gasteiger partial charge in [-0.3, -0.25) is 4.79 Å². The van der Waals surface area contributed by atoms with E-state index in [1.807, 2.05) is 32.0 Å². The average molecular weight is 179 g/mol. The molecular formula is C10H13NO2. The van der Waals surface area contributed by atoms with Gasteiger partial charge in [-0.05, 0) is 37.1 Å². The third-order valence-corrected chi connectivity index (χ3v) is 1.86. The minimum atomic E-state index is -0.460. The van der Waals surface area contributed by atoms with Gasteiger partial charge in [0.25, 0.3) is 5.91 Å². The Labute approximate surface area is 77.5 Å². The van der Waals surface area contributed by atoms with Crippen LogP contribution < -0.4 is 10.5 Å². The summed E-state index contributed by atoms with van der Waals surface area (Å²) < 4.78 is 5.13. The lowest BCUT2D eigenvalue weighted by atomic mass is 10.1. The molecule has 1 rings (SSSR count). The smallest absolute Gasteiger partial charge is 0.255 e. The maximum atomic E-state index is 10.4. The monoisotopic (exact) mass is 179 g/mol. The van der Waals surface area contributed by atoms with E-state index in [0.29, 0.717) is 5.75 Å². The fourth-order valence-electron chi connectivity index (χ4n) is 0.958. The highest BCUT2D eigenvalue weighted by Gasteiger charge is 1.98. The second kappa shape index (κ2) is 3.94. The summed E-state index contributed by atoms with van der Waals surface area (Å²) >= 11 is 0. The van der Waals surface area contributed by atoms with Crippen molar-refractivity contribution in [1.82, 2.24) is 0 Å². The SMILES string of the molecule is Cc1ccc(OCC(N)=O)cc1C. The fraction of sp³-hybridized carbons (Fsp3) is 0.300. The first-order chi connectivity index (χ1) is 6.09. The summed E-state index contributed by atoms with van der Waals surface area (Å²) in [4.78, 5) is 10.4. The van der Waals surface area contributed by atoms with E-state index >= 15 is 0 Å². The molecule has 0 saturated carbocycles. The highest BCUT2D eigenvalue weighted by Crippen LogP contribution is 2.15. The number of nitrogens with two attached hydrogens (primary N) is 1. The van der Waals surface area contributed by atoms with Gasteiger partial charge in [-0.1, -0.05) is 6.07 Å². The first-order valence-corrected chi connectivity index (χ1v) is 4.08. The molecule has 1 amide bonds. The molecule has 0 aliphatic carbocycles. The van der Waals surface area contributed by atoms with Crippen LogP contribution in [0, 0.1) is 13.8 Å². The number of amides is 1. The van der Waals surface area contributed by atoms with E-state index in [4.69, 9.17) is 10.5 Å². The van der Waals surface area contributed by atoms with Crippen LogP contribution in [-0.4, -0.2) is 12.5 Å². The average Bonchev–Trinajstić information content (AvgIpc) is 2.07. The lowest BCUT2D eigenvalue weighted by Gasteiger charge is -2.05. The third kappa shape index (κ3) is 2.78. The molecule has 0 atom stereocenters. The van der Waals surface area contributed by atoms with Gasteiger partial charge >= 0.3 is 0 Å². The van der Waals surface area contributed by atoms with E-state index in [9.17, 15) is 4.79 Å². The Balaban J connectivity index is 2.68. The molecular weight excluding hydrogens is 166 g/mol. The molecule has 3 nitrogen and oxygen atoms in total. The molecule has 13 heavy (non-hydrogen) atoms. The summed E-state index contributed by atoms with van der Waals surface area (Å²) in [6.45, 7) is 3.95. The Morgan fingerprint density at radius 3 is 2.62 bits per heavy atom. The van der Waals surface area contributed by atoms with Crippen LogP contribution in [0.1, 0.15) is 11.1 Å². The van der Waals surface area contributed by atoms with Crippen molar-refractivity contribution in [2.45, 2.75) is 13.8 Å². The summed E-state index contributed by atoms with van der Waals surface area (Å²) in [7, 11) is 0. The van der Waals surface area contributed by atoms with E-state index in [1.54, 1.807) is 0 Å². The Bertz CT molecular complexity index is 321. The number of carbonyl (C=O) groups is 1. The zero-order valence-corrected chi connectivity index (χ0v) is 7.83. The molecule has 0 aromatic heterocycles. The van der Waals surface area contributed by atoms with E-state index in [-0.39, 0.29) is 6.61 Å². The van der Waals surface area contributed by atoms with Crippen LogP contribution in [0.3, 0.4) is 0 Å². The van der Waals surface area contributed by atoms with Crippen molar-refractivity contribution >= 4 is 5.91 Å². The van der Waals surface area contributed by atoms with Crippen LogP contribution in [0.5, 0.6) is 5.75 Å². The molecule has 0 saturated heterocycles. The Morgan fingerprint density at radius 1 is 1.38 bits per heavy atom. The lowest BCUT2D eigenvalue weighted by molar-refractivity contribution is -0.119. The topological polar surface area (TPSA) is 52.3 Å². The molecule has 0 bridgehead atoms. The predicted molar refractivity (Wildman–Crippen MR) is 50.6 cm³/mol. The lowest BCUT2D eigenvalue weighted by Crippen LogP contribution is -2.20. The molecule has 2 N–H and O–H groups in total. The number of primary amides is 1. The van der Waals surface area contributed by atoms with Crippen molar-refractivity contribution in [1.29, 1.82) is 0 Å². The number of hydrogen-bond donors (Lipinski definition) is 1. The largest absolute Gasteiger partial charge is 0.484 e. The minimum Gasteiger partial charge on any atom is -0.484 e. The fourth-order valence-corrected chi connectivity index (χ4v) is 0.958. The van der Waals surface area contributed by atoms with E-state index < -0.39 is 5.91 Å². The maximum absolute atomic E-state index is 10.4. The zero-order valence-electron chi connectivity index (χ0n) is 7.83.